The molecular formula is C12H17N3O3. The van der Waals surface area contributed by atoms with Crippen molar-refractivity contribution in [3.05, 3.63) is 18.1 Å². The van der Waals surface area contributed by atoms with Gasteiger partial charge in [0.05, 0.1) is 0 Å². The maximum Gasteiger partial charge on any atom is 0.360 e. The van der Waals surface area contributed by atoms with Gasteiger partial charge < -0.3 is 9.84 Å². The molecule has 0 spiro atoms. The summed E-state index contributed by atoms with van der Waals surface area (Å²) in [6, 6.07) is 0. The summed E-state index contributed by atoms with van der Waals surface area (Å²) >= 11 is 0. The highest BCUT2D eigenvalue weighted by Crippen LogP contribution is 2.12. The fraction of sp³-hybridized carbons (Fsp3) is 0.583. The van der Waals surface area contributed by atoms with E-state index in [2.05, 4.69) is 14.9 Å². The minimum absolute atomic E-state index is 0.0991. The Bertz CT molecular complexity index is 405. The molecule has 0 aromatic carbocycles. The van der Waals surface area contributed by atoms with Gasteiger partial charge in [-0.2, -0.15) is 0 Å². The van der Waals surface area contributed by atoms with Gasteiger partial charge in [-0.3, -0.25) is 4.90 Å². The summed E-state index contributed by atoms with van der Waals surface area (Å²) < 4.78 is 5.41. The second kappa shape index (κ2) is 6.30. The zero-order valence-electron chi connectivity index (χ0n) is 10.2. The van der Waals surface area contributed by atoms with Crippen LogP contribution in [0.3, 0.4) is 0 Å². The Morgan fingerprint density at radius 1 is 1.28 bits per heavy atom. The van der Waals surface area contributed by atoms with Gasteiger partial charge in [-0.15, -0.1) is 0 Å². The van der Waals surface area contributed by atoms with Crippen LogP contribution in [0.5, 0.6) is 5.88 Å². The molecule has 0 atom stereocenters. The second-order valence-corrected chi connectivity index (χ2v) is 4.27. The number of hydrogen-bond acceptors (Lipinski definition) is 5. The molecule has 0 unspecified atom stereocenters. The third-order valence-corrected chi connectivity index (χ3v) is 2.96. The van der Waals surface area contributed by atoms with Crippen molar-refractivity contribution in [2.24, 2.45) is 0 Å². The lowest BCUT2D eigenvalue weighted by Crippen LogP contribution is -2.33. The van der Waals surface area contributed by atoms with Crippen LogP contribution in [-0.4, -0.2) is 52.2 Å². The van der Waals surface area contributed by atoms with Crippen molar-refractivity contribution in [1.29, 1.82) is 0 Å². The maximum atomic E-state index is 10.9. The Kier molecular flexibility index (Phi) is 4.46. The molecule has 0 radical (unpaired) electrons. The molecular weight excluding hydrogens is 234 g/mol. The van der Waals surface area contributed by atoms with Gasteiger partial charge in [-0.05, 0) is 25.9 Å². The summed E-state index contributed by atoms with van der Waals surface area (Å²) in [6.07, 6.45) is 6.53. The fourth-order valence-electron chi connectivity index (χ4n) is 2.03. The monoisotopic (exact) mass is 251 g/mol. The number of carboxylic acid groups (broad SMARTS) is 1. The van der Waals surface area contributed by atoms with E-state index < -0.39 is 5.97 Å². The van der Waals surface area contributed by atoms with Gasteiger partial charge in [0.15, 0.2) is 0 Å². The highest BCUT2D eigenvalue weighted by Gasteiger charge is 2.15. The second-order valence-electron chi connectivity index (χ2n) is 4.27. The van der Waals surface area contributed by atoms with E-state index in [0.29, 0.717) is 6.61 Å². The van der Waals surface area contributed by atoms with Gasteiger partial charge in [0.25, 0.3) is 0 Å². The van der Waals surface area contributed by atoms with E-state index in [4.69, 9.17) is 9.84 Å². The van der Waals surface area contributed by atoms with Gasteiger partial charge in [-0.25, -0.2) is 14.8 Å². The fourth-order valence-corrected chi connectivity index (χ4v) is 2.03. The molecule has 1 aromatic heterocycles. The molecule has 0 bridgehead atoms. The first-order valence-corrected chi connectivity index (χ1v) is 6.17. The normalized spacial score (nSPS) is 16.4. The van der Waals surface area contributed by atoms with Crippen LogP contribution in [0.25, 0.3) is 0 Å². The average Bonchev–Trinajstić information content (AvgIpc) is 2.40. The van der Waals surface area contributed by atoms with E-state index in [1.165, 1.54) is 31.7 Å². The lowest BCUT2D eigenvalue weighted by atomic mass is 10.1. The van der Waals surface area contributed by atoms with Gasteiger partial charge in [0.2, 0.25) is 11.6 Å². The van der Waals surface area contributed by atoms with Gasteiger partial charge >= 0.3 is 5.97 Å². The maximum absolute atomic E-state index is 10.9. The quantitative estimate of drug-likeness (QED) is 0.842. The van der Waals surface area contributed by atoms with Gasteiger partial charge in [0, 0.05) is 18.9 Å². The molecule has 2 rings (SSSR count). The minimum atomic E-state index is -1.11. The first-order valence-electron chi connectivity index (χ1n) is 6.17. The highest BCUT2D eigenvalue weighted by molar-refractivity contribution is 5.87. The molecule has 1 saturated heterocycles. The molecule has 0 aliphatic carbocycles. The SMILES string of the molecule is O=C(O)c1nccnc1OCCN1CCCCC1. The predicted molar refractivity (Wildman–Crippen MR) is 64.8 cm³/mol. The molecule has 1 aliphatic rings. The number of carbonyl (C=O) groups is 1. The molecule has 18 heavy (non-hydrogen) atoms. The van der Waals surface area contributed by atoms with Crippen molar-refractivity contribution < 1.29 is 14.6 Å². The molecule has 6 heteroatoms. The van der Waals surface area contributed by atoms with Crippen LogP contribution >= 0.6 is 0 Å². The largest absolute Gasteiger partial charge is 0.476 e. The summed E-state index contributed by atoms with van der Waals surface area (Å²) in [7, 11) is 0. The Labute approximate surface area is 106 Å². The molecule has 2 heterocycles. The summed E-state index contributed by atoms with van der Waals surface area (Å²) in [6.45, 7) is 3.43. The van der Waals surface area contributed by atoms with E-state index in [-0.39, 0.29) is 11.6 Å². The Morgan fingerprint density at radius 2 is 2.00 bits per heavy atom. The number of nitrogens with zero attached hydrogens (tertiary/aromatic N) is 3. The van der Waals surface area contributed by atoms with E-state index in [9.17, 15) is 4.79 Å². The molecule has 1 aliphatic heterocycles. The number of likely N-dealkylation sites (tertiary alicyclic amines) is 1. The number of aromatic nitrogens is 2. The van der Waals surface area contributed by atoms with Crippen molar-refractivity contribution in [1.82, 2.24) is 14.9 Å². The van der Waals surface area contributed by atoms with Crippen molar-refractivity contribution >= 4 is 5.97 Å². The topological polar surface area (TPSA) is 75.5 Å². The van der Waals surface area contributed by atoms with Crippen LogP contribution in [0.4, 0.5) is 0 Å². The number of carboxylic acids is 1. The van der Waals surface area contributed by atoms with Crippen LogP contribution in [0.15, 0.2) is 12.4 Å². The van der Waals surface area contributed by atoms with E-state index >= 15 is 0 Å². The number of rotatable bonds is 5. The molecule has 0 amide bonds. The summed E-state index contributed by atoms with van der Waals surface area (Å²) in [5.74, 6) is -1.02. The zero-order valence-corrected chi connectivity index (χ0v) is 10.2. The Morgan fingerprint density at radius 3 is 2.72 bits per heavy atom. The predicted octanol–water partition coefficient (Wildman–Crippen LogP) is 1.04. The number of ether oxygens (including phenoxy) is 1. The minimum Gasteiger partial charge on any atom is -0.476 e. The van der Waals surface area contributed by atoms with Crippen LogP contribution in [0, 0.1) is 0 Å². The smallest absolute Gasteiger partial charge is 0.360 e. The van der Waals surface area contributed by atoms with E-state index in [1.54, 1.807) is 0 Å². The molecule has 0 saturated carbocycles. The number of aromatic carboxylic acids is 1. The molecule has 1 aromatic rings. The van der Waals surface area contributed by atoms with E-state index in [0.717, 1.165) is 19.6 Å². The average molecular weight is 251 g/mol. The van der Waals surface area contributed by atoms with Gasteiger partial charge in [-0.1, -0.05) is 6.42 Å². The number of piperidine rings is 1. The lowest BCUT2D eigenvalue weighted by molar-refractivity contribution is 0.0683. The zero-order chi connectivity index (χ0) is 12.8. The number of hydrogen-bond donors (Lipinski definition) is 1. The summed E-state index contributed by atoms with van der Waals surface area (Å²) in [4.78, 5) is 20.9. The van der Waals surface area contributed by atoms with Crippen LogP contribution in [-0.2, 0) is 0 Å². The third-order valence-electron chi connectivity index (χ3n) is 2.96. The first-order chi connectivity index (χ1) is 8.77. The van der Waals surface area contributed by atoms with Gasteiger partial charge in [0.1, 0.15) is 6.61 Å². The van der Waals surface area contributed by atoms with Crippen LogP contribution in [0.2, 0.25) is 0 Å². The molecule has 1 N–H and O–H groups in total. The molecule has 1 fully saturated rings. The first kappa shape index (κ1) is 12.8. The van der Waals surface area contributed by atoms with Crippen LogP contribution in [0.1, 0.15) is 29.8 Å². The molecule has 6 nitrogen and oxygen atoms in total. The summed E-state index contributed by atoms with van der Waals surface area (Å²) in [5, 5.41) is 8.92. The van der Waals surface area contributed by atoms with Crippen LogP contribution < -0.4 is 4.74 Å². The van der Waals surface area contributed by atoms with Crippen molar-refractivity contribution in [3.8, 4) is 5.88 Å². The Balaban J connectivity index is 1.84. The summed E-state index contributed by atoms with van der Waals surface area (Å²) in [5.41, 5.74) is -0.129. The lowest BCUT2D eigenvalue weighted by Gasteiger charge is -2.26. The Hall–Kier alpha value is -1.69. The van der Waals surface area contributed by atoms with E-state index in [1.807, 2.05) is 0 Å². The highest BCUT2D eigenvalue weighted by atomic mass is 16.5. The van der Waals surface area contributed by atoms with Crippen molar-refractivity contribution in [2.75, 3.05) is 26.2 Å². The van der Waals surface area contributed by atoms with Crippen molar-refractivity contribution in [2.45, 2.75) is 19.3 Å². The molecule has 98 valence electrons. The standard InChI is InChI=1S/C12H17N3O3/c16-12(17)10-11(14-5-4-13-10)18-9-8-15-6-2-1-3-7-15/h4-5H,1-3,6-9H2,(H,16,17). The third kappa shape index (κ3) is 3.40. The van der Waals surface area contributed by atoms with Crippen molar-refractivity contribution in [3.63, 3.8) is 0 Å².